The quantitative estimate of drug-likeness (QED) is 0.786. The summed E-state index contributed by atoms with van der Waals surface area (Å²) < 4.78 is 11.5. The molecule has 0 spiro atoms. The van der Waals surface area contributed by atoms with Gasteiger partial charge >= 0.3 is 5.97 Å². The Balaban J connectivity index is 2.45. The number of oxazole rings is 1. The predicted molar refractivity (Wildman–Crippen MR) is 79.7 cm³/mol. The van der Waals surface area contributed by atoms with Crippen LogP contribution in [0.2, 0.25) is 0 Å². The number of halogens is 1. The first kappa shape index (κ1) is 14.8. The minimum absolute atomic E-state index is 0.192. The molecule has 0 saturated carbocycles. The number of hydrogen-bond acceptors (Lipinski definition) is 4. The average Bonchev–Trinajstić information content (AvgIpc) is 2.83. The van der Waals surface area contributed by atoms with E-state index in [1.54, 1.807) is 6.92 Å². The fourth-order valence-corrected chi connectivity index (χ4v) is 2.52. The van der Waals surface area contributed by atoms with Crippen LogP contribution in [0.25, 0.3) is 11.5 Å². The van der Waals surface area contributed by atoms with Gasteiger partial charge in [-0.05, 0) is 53.9 Å². The van der Waals surface area contributed by atoms with E-state index in [1.165, 1.54) is 0 Å². The van der Waals surface area contributed by atoms with Crippen LogP contribution < -0.4 is 0 Å². The minimum atomic E-state index is -0.466. The smallest absolute Gasteiger partial charge is 0.376 e. The fourth-order valence-electron chi connectivity index (χ4n) is 1.86. The van der Waals surface area contributed by atoms with Crippen molar-refractivity contribution in [2.24, 2.45) is 0 Å². The summed E-state index contributed by atoms with van der Waals surface area (Å²) in [7, 11) is 0. The number of carbonyl (C=O) groups is 1. The van der Waals surface area contributed by atoms with Crippen LogP contribution in [0.15, 0.2) is 27.1 Å². The molecule has 0 N–H and O–H groups in total. The van der Waals surface area contributed by atoms with Gasteiger partial charge in [0, 0.05) is 4.47 Å². The topological polar surface area (TPSA) is 52.3 Å². The molecule has 5 heteroatoms. The van der Waals surface area contributed by atoms with Gasteiger partial charge in [-0.3, -0.25) is 0 Å². The molecule has 0 saturated heterocycles. The van der Waals surface area contributed by atoms with E-state index in [2.05, 4.69) is 20.9 Å². The van der Waals surface area contributed by atoms with E-state index in [4.69, 9.17) is 9.15 Å². The van der Waals surface area contributed by atoms with Gasteiger partial charge in [-0.25, -0.2) is 9.78 Å². The first-order valence-corrected chi connectivity index (χ1v) is 7.29. The van der Waals surface area contributed by atoms with Gasteiger partial charge in [0.15, 0.2) is 0 Å². The van der Waals surface area contributed by atoms with Crippen LogP contribution in [0.1, 0.15) is 35.7 Å². The lowest BCUT2D eigenvalue weighted by Crippen LogP contribution is -2.05. The zero-order valence-corrected chi connectivity index (χ0v) is 13.3. The zero-order chi connectivity index (χ0) is 14.7. The van der Waals surface area contributed by atoms with Crippen LogP contribution >= 0.6 is 15.9 Å². The molecule has 0 fully saturated rings. The molecule has 2 rings (SSSR count). The Hall–Kier alpha value is -1.62. The van der Waals surface area contributed by atoms with Crippen LogP contribution in [0.5, 0.6) is 0 Å². The normalized spacial score (nSPS) is 10.6. The van der Waals surface area contributed by atoms with E-state index in [9.17, 15) is 4.79 Å². The molecule has 20 heavy (non-hydrogen) atoms. The number of aromatic nitrogens is 1. The summed E-state index contributed by atoms with van der Waals surface area (Å²) in [6.07, 6.45) is 0.612. The van der Waals surface area contributed by atoms with Crippen molar-refractivity contribution < 1.29 is 13.9 Å². The van der Waals surface area contributed by atoms with Gasteiger partial charge in [-0.15, -0.1) is 0 Å². The summed E-state index contributed by atoms with van der Waals surface area (Å²) in [5.41, 5.74) is 2.57. The van der Waals surface area contributed by atoms with Crippen molar-refractivity contribution in [3.05, 3.63) is 39.7 Å². The lowest BCUT2D eigenvalue weighted by Gasteiger charge is -2.01. The van der Waals surface area contributed by atoms with Crippen LogP contribution in [-0.2, 0) is 11.2 Å². The molecule has 0 bridgehead atoms. The Labute approximate surface area is 126 Å². The van der Waals surface area contributed by atoms with Gasteiger partial charge in [0.1, 0.15) is 0 Å². The number of esters is 1. The molecule has 1 heterocycles. The molecular formula is C15H16BrNO3. The number of benzene rings is 1. The Morgan fingerprint density at radius 1 is 1.40 bits per heavy atom. The van der Waals surface area contributed by atoms with Gasteiger partial charge < -0.3 is 9.15 Å². The standard InChI is InChI=1S/C15H16BrNO3/c1-4-12-13(15(18)19-5-2)20-14(17-12)10-7-6-9(3)8-11(10)16/h6-8H,4-5H2,1-3H3. The van der Waals surface area contributed by atoms with E-state index >= 15 is 0 Å². The van der Waals surface area contributed by atoms with Crippen LogP contribution in [-0.4, -0.2) is 17.6 Å². The SMILES string of the molecule is CCOC(=O)c1oc(-c2ccc(C)cc2Br)nc1CC. The third kappa shape index (κ3) is 2.93. The second kappa shape index (κ2) is 6.22. The monoisotopic (exact) mass is 337 g/mol. The highest BCUT2D eigenvalue weighted by molar-refractivity contribution is 9.10. The van der Waals surface area contributed by atoms with E-state index in [0.717, 1.165) is 15.6 Å². The highest BCUT2D eigenvalue weighted by Gasteiger charge is 2.21. The van der Waals surface area contributed by atoms with Crippen molar-refractivity contribution in [2.75, 3.05) is 6.61 Å². The van der Waals surface area contributed by atoms with Gasteiger partial charge in [-0.2, -0.15) is 0 Å². The van der Waals surface area contributed by atoms with Gasteiger partial charge in [0.2, 0.25) is 11.7 Å². The summed E-state index contributed by atoms with van der Waals surface area (Å²) >= 11 is 3.49. The summed E-state index contributed by atoms with van der Waals surface area (Å²) in [5.74, 6) is 0.153. The number of ether oxygens (including phenoxy) is 1. The molecule has 0 atom stereocenters. The summed E-state index contributed by atoms with van der Waals surface area (Å²) in [5, 5.41) is 0. The molecular weight excluding hydrogens is 322 g/mol. The maximum absolute atomic E-state index is 11.8. The Bertz CT molecular complexity index is 634. The number of carbonyl (C=O) groups excluding carboxylic acids is 1. The molecule has 106 valence electrons. The minimum Gasteiger partial charge on any atom is -0.460 e. The second-order valence-electron chi connectivity index (χ2n) is 4.35. The highest BCUT2D eigenvalue weighted by Crippen LogP contribution is 2.30. The van der Waals surface area contributed by atoms with Crippen LogP contribution in [0, 0.1) is 6.92 Å². The number of nitrogens with zero attached hydrogens (tertiary/aromatic N) is 1. The third-order valence-electron chi connectivity index (χ3n) is 2.85. The molecule has 0 radical (unpaired) electrons. The maximum atomic E-state index is 11.8. The predicted octanol–water partition coefficient (Wildman–Crippen LogP) is 4.15. The summed E-state index contributed by atoms with van der Waals surface area (Å²) in [4.78, 5) is 16.2. The molecule has 0 aliphatic carbocycles. The molecule has 0 amide bonds. The summed E-state index contributed by atoms with van der Waals surface area (Å²) in [6, 6.07) is 5.87. The van der Waals surface area contributed by atoms with Crippen molar-refractivity contribution in [1.82, 2.24) is 4.98 Å². The van der Waals surface area contributed by atoms with Crippen molar-refractivity contribution in [3.63, 3.8) is 0 Å². The van der Waals surface area contributed by atoms with Crippen molar-refractivity contribution >= 4 is 21.9 Å². The Morgan fingerprint density at radius 3 is 2.75 bits per heavy atom. The molecule has 0 aliphatic rings. The Kier molecular flexibility index (Phi) is 4.60. The average molecular weight is 338 g/mol. The first-order chi connectivity index (χ1) is 9.56. The molecule has 1 aromatic carbocycles. The lowest BCUT2D eigenvalue weighted by atomic mass is 10.1. The van der Waals surface area contributed by atoms with E-state index in [-0.39, 0.29) is 5.76 Å². The van der Waals surface area contributed by atoms with E-state index in [0.29, 0.717) is 24.6 Å². The van der Waals surface area contributed by atoms with Crippen molar-refractivity contribution in [2.45, 2.75) is 27.2 Å². The fraction of sp³-hybridized carbons (Fsp3) is 0.333. The largest absolute Gasteiger partial charge is 0.460 e. The second-order valence-corrected chi connectivity index (χ2v) is 5.21. The third-order valence-corrected chi connectivity index (χ3v) is 3.50. The van der Waals surface area contributed by atoms with E-state index in [1.807, 2.05) is 32.0 Å². The van der Waals surface area contributed by atoms with Gasteiger partial charge in [0.05, 0.1) is 17.9 Å². The van der Waals surface area contributed by atoms with Crippen molar-refractivity contribution in [3.8, 4) is 11.5 Å². The molecule has 0 unspecified atom stereocenters. The van der Waals surface area contributed by atoms with Gasteiger partial charge in [0.25, 0.3) is 0 Å². The summed E-state index contributed by atoms with van der Waals surface area (Å²) in [6.45, 7) is 6.00. The molecule has 0 aliphatic heterocycles. The van der Waals surface area contributed by atoms with E-state index < -0.39 is 5.97 Å². The molecule has 1 aromatic heterocycles. The first-order valence-electron chi connectivity index (χ1n) is 6.50. The maximum Gasteiger partial charge on any atom is 0.376 e. The van der Waals surface area contributed by atoms with Gasteiger partial charge in [-0.1, -0.05) is 13.0 Å². The Morgan fingerprint density at radius 2 is 2.15 bits per heavy atom. The zero-order valence-electron chi connectivity index (χ0n) is 11.7. The number of rotatable bonds is 4. The van der Waals surface area contributed by atoms with Crippen LogP contribution in [0.4, 0.5) is 0 Å². The highest BCUT2D eigenvalue weighted by atomic mass is 79.9. The van der Waals surface area contributed by atoms with Crippen LogP contribution in [0.3, 0.4) is 0 Å². The molecule has 2 aromatic rings. The number of aryl methyl sites for hydroxylation is 2. The van der Waals surface area contributed by atoms with Crippen molar-refractivity contribution in [1.29, 1.82) is 0 Å². The molecule has 4 nitrogen and oxygen atoms in total. The lowest BCUT2D eigenvalue weighted by molar-refractivity contribution is 0.0489. The number of hydrogen-bond donors (Lipinski definition) is 0.